The van der Waals surface area contributed by atoms with E-state index in [4.69, 9.17) is 0 Å². The summed E-state index contributed by atoms with van der Waals surface area (Å²) in [5.41, 5.74) is 2.44. The number of fused-ring (bicyclic) bond motifs is 1. The Bertz CT molecular complexity index is 588. The zero-order valence-electron chi connectivity index (χ0n) is 13.9. The molecule has 0 spiro atoms. The predicted octanol–water partition coefficient (Wildman–Crippen LogP) is 3.60. The Morgan fingerprint density at radius 3 is 2.19 bits per heavy atom. The van der Waals surface area contributed by atoms with E-state index in [1.807, 2.05) is 39.0 Å². The van der Waals surface area contributed by atoms with Crippen molar-refractivity contribution in [1.82, 2.24) is 4.90 Å². The van der Waals surface area contributed by atoms with E-state index in [2.05, 4.69) is 20.8 Å². The van der Waals surface area contributed by atoms with Gasteiger partial charge in [-0.25, -0.2) is 0 Å². The monoisotopic (exact) mass is 287 g/mol. The maximum atomic E-state index is 12.6. The molecule has 0 saturated carbocycles. The van der Waals surface area contributed by atoms with Crippen molar-refractivity contribution in [3.05, 3.63) is 34.9 Å². The number of carbonyl (C=O) groups is 2. The van der Waals surface area contributed by atoms with Gasteiger partial charge in [-0.2, -0.15) is 0 Å². The van der Waals surface area contributed by atoms with Crippen LogP contribution >= 0.6 is 0 Å². The van der Waals surface area contributed by atoms with Crippen LogP contribution in [0.4, 0.5) is 0 Å². The zero-order chi connectivity index (χ0) is 16.0. The van der Waals surface area contributed by atoms with Gasteiger partial charge in [-0.3, -0.25) is 14.5 Å². The van der Waals surface area contributed by atoms with Crippen LogP contribution in [0.1, 0.15) is 63.0 Å². The maximum Gasteiger partial charge on any atom is 0.261 e. The molecule has 1 aliphatic rings. The lowest BCUT2D eigenvalue weighted by Gasteiger charge is -2.37. The molecule has 0 unspecified atom stereocenters. The van der Waals surface area contributed by atoms with Crippen molar-refractivity contribution in [2.75, 3.05) is 0 Å². The van der Waals surface area contributed by atoms with Crippen molar-refractivity contribution in [2.45, 2.75) is 59.9 Å². The predicted molar refractivity (Wildman–Crippen MR) is 84.2 cm³/mol. The minimum atomic E-state index is -0.476. The first-order valence-electron chi connectivity index (χ1n) is 7.48. The van der Waals surface area contributed by atoms with E-state index in [9.17, 15) is 9.59 Å². The molecular formula is C18H25NO2. The van der Waals surface area contributed by atoms with E-state index in [0.717, 1.165) is 12.0 Å². The Balaban J connectivity index is 2.39. The molecule has 3 heteroatoms. The van der Waals surface area contributed by atoms with Gasteiger partial charge in [0.25, 0.3) is 5.91 Å². The molecule has 1 aliphatic heterocycles. The molecule has 0 aromatic heterocycles. The Morgan fingerprint density at radius 2 is 1.67 bits per heavy atom. The molecule has 2 rings (SSSR count). The van der Waals surface area contributed by atoms with Crippen LogP contribution in [-0.4, -0.2) is 22.3 Å². The van der Waals surface area contributed by atoms with E-state index in [0.29, 0.717) is 12.0 Å². The average molecular weight is 287 g/mol. The second-order valence-electron chi connectivity index (χ2n) is 8.11. The molecule has 0 saturated heterocycles. The van der Waals surface area contributed by atoms with E-state index in [1.54, 1.807) is 0 Å². The molecule has 0 bridgehead atoms. The van der Waals surface area contributed by atoms with Crippen molar-refractivity contribution >= 4 is 11.8 Å². The van der Waals surface area contributed by atoms with E-state index >= 15 is 0 Å². The number of benzene rings is 1. The van der Waals surface area contributed by atoms with Crippen molar-refractivity contribution in [1.29, 1.82) is 0 Å². The smallest absolute Gasteiger partial charge is 0.261 e. The van der Waals surface area contributed by atoms with Crippen LogP contribution in [-0.2, 0) is 17.6 Å². The van der Waals surface area contributed by atoms with Crippen LogP contribution < -0.4 is 0 Å². The van der Waals surface area contributed by atoms with Crippen LogP contribution in [0.15, 0.2) is 18.2 Å². The minimum absolute atomic E-state index is 0.104. The molecule has 3 nitrogen and oxygen atoms in total. The van der Waals surface area contributed by atoms with Gasteiger partial charge in [0, 0.05) is 11.1 Å². The van der Waals surface area contributed by atoms with E-state index in [1.165, 1.54) is 10.5 Å². The third-order valence-corrected chi connectivity index (χ3v) is 3.60. The van der Waals surface area contributed by atoms with Gasteiger partial charge < -0.3 is 0 Å². The first kappa shape index (κ1) is 15.7. The highest BCUT2D eigenvalue weighted by molar-refractivity contribution is 6.10. The average Bonchev–Trinajstić information content (AvgIpc) is 2.23. The lowest BCUT2D eigenvalue weighted by atomic mass is 9.85. The Labute approximate surface area is 127 Å². The molecule has 0 atom stereocenters. The third-order valence-electron chi connectivity index (χ3n) is 3.60. The topological polar surface area (TPSA) is 37.4 Å². The van der Waals surface area contributed by atoms with Crippen molar-refractivity contribution in [2.24, 2.45) is 5.41 Å². The maximum absolute atomic E-state index is 12.6. The van der Waals surface area contributed by atoms with E-state index in [-0.39, 0.29) is 17.2 Å². The lowest BCUT2D eigenvalue weighted by Crippen LogP contribution is -2.52. The first-order chi connectivity index (χ1) is 9.49. The number of hydrogen-bond acceptors (Lipinski definition) is 2. The lowest BCUT2D eigenvalue weighted by molar-refractivity contribution is -0.132. The Hall–Kier alpha value is -1.64. The summed E-state index contributed by atoms with van der Waals surface area (Å²) in [6, 6.07) is 5.92. The van der Waals surface area contributed by atoms with Gasteiger partial charge in [0.1, 0.15) is 0 Å². The molecule has 1 aromatic carbocycles. The summed E-state index contributed by atoms with van der Waals surface area (Å²) in [5.74, 6) is -0.274. The summed E-state index contributed by atoms with van der Waals surface area (Å²) in [5, 5.41) is 0. The standard InChI is InChI=1S/C18H25NO2/c1-17(2,3)11-12-7-8-14-13(9-12)10-15(20)19(16(14)21)18(4,5)6/h7-9H,10-11H2,1-6H3. The Kier molecular flexibility index (Phi) is 3.73. The zero-order valence-corrected chi connectivity index (χ0v) is 13.9. The highest BCUT2D eigenvalue weighted by Gasteiger charge is 2.37. The van der Waals surface area contributed by atoms with Crippen molar-refractivity contribution in [3.8, 4) is 0 Å². The number of carbonyl (C=O) groups excluding carboxylic acids is 2. The number of imide groups is 1. The highest BCUT2D eigenvalue weighted by Crippen LogP contribution is 2.28. The first-order valence-corrected chi connectivity index (χ1v) is 7.48. The largest absolute Gasteiger partial charge is 0.274 e. The van der Waals surface area contributed by atoms with Gasteiger partial charge >= 0.3 is 0 Å². The van der Waals surface area contributed by atoms with Crippen LogP contribution in [0.5, 0.6) is 0 Å². The van der Waals surface area contributed by atoms with Crippen LogP contribution in [0.2, 0.25) is 0 Å². The van der Waals surface area contributed by atoms with Gasteiger partial charge in [-0.05, 0) is 49.8 Å². The molecule has 0 fully saturated rings. The Morgan fingerprint density at radius 1 is 1.05 bits per heavy atom. The molecular weight excluding hydrogens is 262 g/mol. The normalized spacial score (nSPS) is 16.2. The summed E-state index contributed by atoms with van der Waals surface area (Å²) in [6.45, 7) is 12.2. The fraction of sp³-hybridized carbons (Fsp3) is 0.556. The molecule has 0 N–H and O–H groups in total. The summed E-state index contributed by atoms with van der Waals surface area (Å²) in [4.78, 5) is 26.3. The fourth-order valence-electron chi connectivity index (χ4n) is 2.88. The summed E-state index contributed by atoms with van der Waals surface area (Å²) < 4.78 is 0. The van der Waals surface area contributed by atoms with Gasteiger partial charge in [0.15, 0.2) is 0 Å². The molecule has 2 amide bonds. The molecule has 21 heavy (non-hydrogen) atoms. The van der Waals surface area contributed by atoms with Crippen LogP contribution in [0.3, 0.4) is 0 Å². The second kappa shape index (κ2) is 4.97. The summed E-state index contributed by atoms with van der Waals surface area (Å²) in [7, 11) is 0. The van der Waals surface area contributed by atoms with Crippen molar-refractivity contribution in [3.63, 3.8) is 0 Å². The third kappa shape index (κ3) is 3.34. The number of nitrogens with zero attached hydrogens (tertiary/aromatic N) is 1. The van der Waals surface area contributed by atoms with Gasteiger partial charge in [0.05, 0.1) is 6.42 Å². The number of hydrogen-bond donors (Lipinski definition) is 0. The second-order valence-corrected chi connectivity index (χ2v) is 8.11. The van der Waals surface area contributed by atoms with Crippen molar-refractivity contribution < 1.29 is 9.59 Å². The van der Waals surface area contributed by atoms with Crippen LogP contribution in [0.25, 0.3) is 0 Å². The van der Waals surface area contributed by atoms with E-state index < -0.39 is 5.54 Å². The SMILES string of the molecule is CC(C)(C)Cc1ccc2c(c1)CC(=O)N(C(C)(C)C)C2=O. The summed E-state index contributed by atoms with van der Waals surface area (Å²) >= 11 is 0. The van der Waals surface area contributed by atoms with Gasteiger partial charge in [-0.15, -0.1) is 0 Å². The van der Waals surface area contributed by atoms with Crippen LogP contribution in [0, 0.1) is 5.41 Å². The highest BCUT2D eigenvalue weighted by atomic mass is 16.2. The number of rotatable bonds is 1. The van der Waals surface area contributed by atoms with Gasteiger partial charge in [-0.1, -0.05) is 32.9 Å². The molecule has 1 aromatic rings. The summed E-state index contributed by atoms with van der Waals surface area (Å²) in [6.07, 6.45) is 1.25. The molecule has 1 heterocycles. The van der Waals surface area contributed by atoms with Gasteiger partial charge in [0.2, 0.25) is 5.91 Å². The molecule has 0 aliphatic carbocycles. The molecule has 114 valence electrons. The quantitative estimate of drug-likeness (QED) is 0.740. The number of amides is 2. The minimum Gasteiger partial charge on any atom is -0.274 e. The fourth-order valence-corrected chi connectivity index (χ4v) is 2.88. The molecule has 0 radical (unpaired) electrons.